The minimum absolute atomic E-state index is 0.591. The summed E-state index contributed by atoms with van der Waals surface area (Å²) in [6.45, 7) is 1.79. The fraction of sp³-hybridized carbons (Fsp3) is 0.500. The normalized spacial score (nSPS) is 11.7. The van der Waals surface area contributed by atoms with Gasteiger partial charge in [-0.1, -0.05) is 12.8 Å². The van der Waals surface area contributed by atoms with Crippen molar-refractivity contribution in [1.29, 1.82) is 0 Å². The Morgan fingerprint density at radius 3 is 2.57 bits per heavy atom. The second-order valence-electron chi connectivity index (χ2n) is 0.867. The van der Waals surface area contributed by atoms with Crippen LogP contribution in [-0.4, -0.2) is 8.76 Å². The Morgan fingerprint density at radius 2 is 2.43 bits per heavy atom. The third-order valence-corrected chi connectivity index (χ3v) is 0.643. The Hall–Kier alpha value is -0.330. The first kappa shape index (κ1) is 6.67. The SMILES string of the molecule is CCC#CS(=O)[O-]. The third-order valence-electron chi connectivity index (χ3n) is 0.332. The maximum atomic E-state index is 9.58. The average molecular weight is 117 g/mol. The van der Waals surface area contributed by atoms with Crippen LogP contribution in [0.15, 0.2) is 0 Å². The van der Waals surface area contributed by atoms with Gasteiger partial charge >= 0.3 is 0 Å². The molecule has 0 spiro atoms. The second-order valence-corrected chi connectivity index (χ2v) is 1.54. The van der Waals surface area contributed by atoms with Gasteiger partial charge in [-0.2, -0.15) is 0 Å². The summed E-state index contributed by atoms with van der Waals surface area (Å²) in [7, 11) is 0. The molecule has 1 atom stereocenters. The topological polar surface area (TPSA) is 40.1 Å². The maximum Gasteiger partial charge on any atom is 0.0247 e. The average Bonchev–Trinajstić information content (AvgIpc) is 1.61. The zero-order valence-corrected chi connectivity index (χ0v) is 4.75. The van der Waals surface area contributed by atoms with Crippen molar-refractivity contribution in [2.24, 2.45) is 0 Å². The van der Waals surface area contributed by atoms with E-state index >= 15 is 0 Å². The van der Waals surface area contributed by atoms with Crippen LogP contribution in [0.1, 0.15) is 13.3 Å². The molecule has 0 aromatic heterocycles. The Bertz CT molecular complexity index is 119. The lowest BCUT2D eigenvalue weighted by atomic mass is 10.5. The van der Waals surface area contributed by atoms with Crippen LogP contribution in [0.3, 0.4) is 0 Å². The van der Waals surface area contributed by atoms with E-state index < -0.39 is 11.1 Å². The van der Waals surface area contributed by atoms with Gasteiger partial charge in [-0.3, -0.25) is 4.21 Å². The van der Waals surface area contributed by atoms with Crippen molar-refractivity contribution in [1.82, 2.24) is 0 Å². The van der Waals surface area contributed by atoms with Crippen LogP contribution >= 0.6 is 0 Å². The lowest BCUT2D eigenvalue weighted by Crippen LogP contribution is -1.75. The van der Waals surface area contributed by atoms with Crippen molar-refractivity contribution in [2.75, 3.05) is 0 Å². The van der Waals surface area contributed by atoms with E-state index in [1.807, 2.05) is 5.25 Å². The summed E-state index contributed by atoms with van der Waals surface area (Å²) >= 11 is -2.18. The first-order valence-electron chi connectivity index (χ1n) is 1.85. The van der Waals surface area contributed by atoms with Gasteiger partial charge in [0.1, 0.15) is 0 Å². The van der Waals surface area contributed by atoms with Crippen LogP contribution in [0, 0.1) is 11.2 Å². The fourth-order valence-corrected chi connectivity index (χ4v) is 0.393. The first-order valence-corrected chi connectivity index (χ1v) is 2.92. The Balaban J connectivity index is 3.45. The van der Waals surface area contributed by atoms with Gasteiger partial charge in [0, 0.05) is 17.5 Å². The van der Waals surface area contributed by atoms with Gasteiger partial charge in [0.2, 0.25) is 0 Å². The largest absolute Gasteiger partial charge is 0.762 e. The molecule has 0 amide bonds. The summed E-state index contributed by atoms with van der Waals surface area (Å²) in [6.07, 6.45) is 0.591. The van der Waals surface area contributed by atoms with E-state index in [4.69, 9.17) is 0 Å². The summed E-state index contributed by atoms with van der Waals surface area (Å²) in [5.41, 5.74) is 0. The van der Waals surface area contributed by atoms with Crippen molar-refractivity contribution in [2.45, 2.75) is 13.3 Å². The minimum Gasteiger partial charge on any atom is -0.762 e. The molecular weight excluding hydrogens is 112 g/mol. The van der Waals surface area contributed by atoms with Gasteiger partial charge in [-0.05, 0) is 5.25 Å². The first-order chi connectivity index (χ1) is 3.27. The zero-order valence-electron chi connectivity index (χ0n) is 3.93. The predicted octanol–water partition coefficient (Wildman–Crippen LogP) is 0.236. The van der Waals surface area contributed by atoms with E-state index in [0.717, 1.165) is 0 Å². The lowest BCUT2D eigenvalue weighted by molar-refractivity contribution is 0.548. The Morgan fingerprint density at radius 1 is 1.86 bits per heavy atom. The molecule has 0 aliphatic heterocycles. The number of rotatable bonds is 0. The molecule has 0 aliphatic rings. The van der Waals surface area contributed by atoms with Gasteiger partial charge in [0.15, 0.2) is 0 Å². The summed E-state index contributed by atoms with van der Waals surface area (Å²) in [5, 5.41) is 1.96. The fourth-order valence-electron chi connectivity index (χ4n) is 0.131. The summed E-state index contributed by atoms with van der Waals surface area (Å²) in [6, 6.07) is 0. The minimum atomic E-state index is -2.18. The van der Waals surface area contributed by atoms with Gasteiger partial charge in [0.05, 0.1) is 0 Å². The number of hydrogen-bond acceptors (Lipinski definition) is 2. The van der Waals surface area contributed by atoms with Crippen molar-refractivity contribution in [3.05, 3.63) is 0 Å². The molecule has 0 aliphatic carbocycles. The molecule has 0 saturated heterocycles. The Labute approximate surface area is 45.2 Å². The van der Waals surface area contributed by atoms with Crippen LogP contribution in [-0.2, 0) is 11.1 Å². The van der Waals surface area contributed by atoms with E-state index in [-0.39, 0.29) is 0 Å². The highest BCUT2D eigenvalue weighted by molar-refractivity contribution is 7.84. The summed E-state index contributed by atoms with van der Waals surface area (Å²) in [5.74, 6) is 2.39. The van der Waals surface area contributed by atoms with Crippen molar-refractivity contribution in [3.63, 3.8) is 0 Å². The molecule has 0 saturated carbocycles. The summed E-state index contributed by atoms with van der Waals surface area (Å²) in [4.78, 5) is 0. The van der Waals surface area contributed by atoms with E-state index in [2.05, 4.69) is 5.92 Å². The van der Waals surface area contributed by atoms with Crippen LogP contribution in [0.4, 0.5) is 0 Å². The number of hydrogen-bond donors (Lipinski definition) is 0. The van der Waals surface area contributed by atoms with Crippen LogP contribution in [0.5, 0.6) is 0 Å². The van der Waals surface area contributed by atoms with E-state index in [9.17, 15) is 8.76 Å². The van der Waals surface area contributed by atoms with Gasteiger partial charge in [-0.25, -0.2) is 0 Å². The molecule has 2 nitrogen and oxygen atoms in total. The molecule has 1 unspecified atom stereocenters. The third kappa shape index (κ3) is 5.67. The lowest BCUT2D eigenvalue weighted by Gasteiger charge is -1.86. The molecule has 0 N–H and O–H groups in total. The predicted molar refractivity (Wildman–Crippen MR) is 27.0 cm³/mol. The molecule has 3 heteroatoms. The van der Waals surface area contributed by atoms with Gasteiger partial charge in [0.25, 0.3) is 0 Å². The second kappa shape index (κ2) is 3.85. The van der Waals surface area contributed by atoms with Crippen LogP contribution in [0.2, 0.25) is 0 Å². The highest BCUT2D eigenvalue weighted by Gasteiger charge is 1.60. The Kier molecular flexibility index (Phi) is 3.67. The maximum absolute atomic E-state index is 9.58. The highest BCUT2D eigenvalue weighted by atomic mass is 32.2. The van der Waals surface area contributed by atoms with E-state index in [1.54, 1.807) is 6.92 Å². The quantitative estimate of drug-likeness (QED) is 0.337. The van der Waals surface area contributed by atoms with Crippen LogP contribution < -0.4 is 0 Å². The van der Waals surface area contributed by atoms with Crippen molar-refractivity contribution in [3.8, 4) is 11.2 Å². The molecule has 40 valence electrons. The molecule has 0 fully saturated rings. The van der Waals surface area contributed by atoms with E-state index in [0.29, 0.717) is 6.42 Å². The van der Waals surface area contributed by atoms with Crippen molar-refractivity contribution >= 4 is 11.1 Å². The van der Waals surface area contributed by atoms with Gasteiger partial charge in [-0.15, -0.1) is 0 Å². The van der Waals surface area contributed by atoms with Crippen molar-refractivity contribution < 1.29 is 8.76 Å². The molecule has 0 bridgehead atoms. The summed E-state index contributed by atoms with van der Waals surface area (Å²) < 4.78 is 19.2. The van der Waals surface area contributed by atoms with E-state index in [1.165, 1.54) is 0 Å². The molecule has 0 aromatic rings. The molecular formula is C4H5O2S-. The molecule has 0 radical (unpaired) electrons. The molecule has 0 aromatic carbocycles. The standard InChI is InChI=1S/C4H6O2S/c1-2-3-4-7(5)6/h2H2,1H3,(H,5,6)/p-1. The highest BCUT2D eigenvalue weighted by Crippen LogP contribution is 1.68. The van der Waals surface area contributed by atoms with Gasteiger partial charge < -0.3 is 4.55 Å². The molecule has 0 heterocycles. The molecule has 7 heavy (non-hydrogen) atoms. The van der Waals surface area contributed by atoms with Crippen LogP contribution in [0.25, 0.3) is 0 Å². The molecule has 0 rings (SSSR count). The smallest absolute Gasteiger partial charge is 0.0247 e. The monoisotopic (exact) mass is 117 g/mol. The zero-order chi connectivity index (χ0) is 5.70.